The lowest BCUT2D eigenvalue weighted by molar-refractivity contribution is 0.183. The number of hydrogen-bond donors (Lipinski definition) is 0. The van der Waals surface area contributed by atoms with Crippen LogP contribution in [0.3, 0.4) is 0 Å². The molecule has 214 valence electrons. The highest BCUT2D eigenvalue weighted by Gasteiger charge is 2.38. The van der Waals surface area contributed by atoms with Crippen LogP contribution >= 0.6 is 0 Å². The van der Waals surface area contributed by atoms with Crippen LogP contribution in [0.5, 0.6) is 5.75 Å². The molecule has 4 aromatic rings. The molecule has 2 aliphatic rings. The molecule has 0 atom stereocenters. The normalized spacial score (nSPS) is 16.1. The first-order valence-corrected chi connectivity index (χ1v) is 15.8. The fraction of sp³-hybridized carbons (Fsp3) is 0.375. The molecule has 8 nitrogen and oxygen atoms in total. The molecule has 2 fully saturated rings. The SMILES string of the molecule is Cc1ccc(S(=O)(=O)N(c2ccc(C)c(-n3cnc4ccc(OCCN5CCCCC5)cc4c3=O)c2)C2CC2)cc1. The molecule has 0 spiro atoms. The number of hydrogen-bond acceptors (Lipinski definition) is 6. The number of sulfonamides is 1. The van der Waals surface area contributed by atoms with Crippen LogP contribution in [0.2, 0.25) is 0 Å². The minimum absolute atomic E-state index is 0.104. The van der Waals surface area contributed by atoms with Crippen LogP contribution in [0.15, 0.2) is 76.7 Å². The van der Waals surface area contributed by atoms with E-state index in [0.717, 1.165) is 43.6 Å². The van der Waals surface area contributed by atoms with Crippen molar-refractivity contribution in [3.8, 4) is 11.4 Å². The Morgan fingerprint density at radius 3 is 2.44 bits per heavy atom. The summed E-state index contributed by atoms with van der Waals surface area (Å²) < 4.78 is 36.5. The Balaban J connectivity index is 1.32. The van der Waals surface area contributed by atoms with Gasteiger partial charge in [0.2, 0.25) is 0 Å². The Morgan fingerprint density at radius 2 is 1.71 bits per heavy atom. The van der Waals surface area contributed by atoms with E-state index in [1.807, 2.05) is 50.2 Å². The molecule has 41 heavy (non-hydrogen) atoms. The number of anilines is 1. The summed E-state index contributed by atoms with van der Waals surface area (Å²) in [6, 6.07) is 17.7. The zero-order valence-corrected chi connectivity index (χ0v) is 24.4. The summed E-state index contributed by atoms with van der Waals surface area (Å²) in [5, 5.41) is 0.458. The predicted octanol–water partition coefficient (Wildman–Crippen LogP) is 5.22. The van der Waals surface area contributed by atoms with Gasteiger partial charge in [-0.3, -0.25) is 18.6 Å². The van der Waals surface area contributed by atoms with E-state index in [9.17, 15) is 13.2 Å². The summed E-state index contributed by atoms with van der Waals surface area (Å²) in [7, 11) is -3.78. The van der Waals surface area contributed by atoms with Crippen molar-refractivity contribution in [1.29, 1.82) is 0 Å². The molecule has 0 N–H and O–H groups in total. The van der Waals surface area contributed by atoms with Gasteiger partial charge in [-0.25, -0.2) is 13.4 Å². The summed E-state index contributed by atoms with van der Waals surface area (Å²) in [6.45, 7) is 7.49. The average Bonchev–Trinajstić information content (AvgIpc) is 3.80. The van der Waals surface area contributed by atoms with E-state index in [4.69, 9.17) is 4.74 Å². The van der Waals surface area contributed by atoms with Crippen molar-refractivity contribution < 1.29 is 13.2 Å². The van der Waals surface area contributed by atoms with Crippen LogP contribution in [-0.2, 0) is 10.0 Å². The molecule has 1 aliphatic carbocycles. The van der Waals surface area contributed by atoms with Gasteiger partial charge in [0.05, 0.1) is 27.2 Å². The third-order valence-corrected chi connectivity index (χ3v) is 9.91. The van der Waals surface area contributed by atoms with Gasteiger partial charge in [-0.05, 0) is 101 Å². The van der Waals surface area contributed by atoms with Crippen molar-refractivity contribution in [1.82, 2.24) is 14.5 Å². The molecule has 6 rings (SSSR count). The lowest BCUT2D eigenvalue weighted by Gasteiger charge is -2.26. The summed E-state index contributed by atoms with van der Waals surface area (Å²) >= 11 is 0. The minimum atomic E-state index is -3.78. The van der Waals surface area contributed by atoms with Crippen molar-refractivity contribution in [3.63, 3.8) is 0 Å². The molecule has 0 radical (unpaired) electrons. The molecule has 0 amide bonds. The predicted molar refractivity (Wildman–Crippen MR) is 162 cm³/mol. The minimum Gasteiger partial charge on any atom is -0.492 e. The van der Waals surface area contributed by atoms with Crippen LogP contribution in [0.4, 0.5) is 5.69 Å². The smallest absolute Gasteiger partial charge is 0.265 e. The van der Waals surface area contributed by atoms with Gasteiger partial charge < -0.3 is 4.74 Å². The Bertz CT molecular complexity index is 1720. The van der Waals surface area contributed by atoms with Gasteiger partial charge in [-0.2, -0.15) is 0 Å². The van der Waals surface area contributed by atoms with E-state index in [2.05, 4.69) is 9.88 Å². The first-order valence-electron chi connectivity index (χ1n) is 14.4. The molecule has 2 heterocycles. The maximum absolute atomic E-state index is 13.8. The van der Waals surface area contributed by atoms with E-state index in [0.29, 0.717) is 34.6 Å². The monoisotopic (exact) mass is 572 g/mol. The van der Waals surface area contributed by atoms with Crippen molar-refractivity contribution >= 4 is 26.6 Å². The summed E-state index contributed by atoms with van der Waals surface area (Å²) in [5.74, 6) is 0.640. The number of ether oxygens (including phenoxy) is 1. The molecule has 0 unspecified atom stereocenters. The van der Waals surface area contributed by atoms with Gasteiger partial charge >= 0.3 is 0 Å². The Labute approximate surface area is 241 Å². The molecule has 0 bridgehead atoms. The Hall–Kier alpha value is -3.69. The number of aryl methyl sites for hydroxylation is 2. The zero-order chi connectivity index (χ0) is 28.6. The van der Waals surface area contributed by atoms with E-state index in [1.165, 1.54) is 34.5 Å². The summed E-state index contributed by atoms with van der Waals surface area (Å²) in [6.07, 6.45) is 6.88. The Kier molecular flexibility index (Phi) is 7.57. The largest absolute Gasteiger partial charge is 0.492 e. The zero-order valence-electron chi connectivity index (χ0n) is 23.6. The highest BCUT2D eigenvalue weighted by molar-refractivity contribution is 7.92. The van der Waals surface area contributed by atoms with Crippen LogP contribution in [0.1, 0.15) is 43.2 Å². The second kappa shape index (κ2) is 11.3. The fourth-order valence-corrected chi connectivity index (χ4v) is 7.21. The molecule has 9 heteroatoms. The van der Waals surface area contributed by atoms with Gasteiger partial charge in [0.1, 0.15) is 18.7 Å². The van der Waals surface area contributed by atoms with Gasteiger partial charge in [0.15, 0.2) is 0 Å². The number of nitrogens with zero attached hydrogens (tertiary/aromatic N) is 4. The molecular formula is C32H36N4O4S. The lowest BCUT2D eigenvalue weighted by atomic mass is 10.1. The van der Waals surface area contributed by atoms with Crippen LogP contribution in [-0.4, -0.2) is 55.2 Å². The summed E-state index contributed by atoms with van der Waals surface area (Å²) in [5.41, 5.74) is 3.34. The standard InChI is InChI=1S/C32H36N4O4S/c1-23-6-13-28(14-7-23)41(38,39)36(25-10-11-25)26-9-8-24(2)31(20-26)35-22-33-30-15-12-27(21-29(30)32(35)37)40-19-18-34-16-4-3-5-17-34/h6-9,12-15,20-22,25H,3-5,10-11,16-19H2,1-2H3. The number of aromatic nitrogens is 2. The maximum Gasteiger partial charge on any atom is 0.265 e. The average molecular weight is 573 g/mol. The lowest BCUT2D eigenvalue weighted by Crippen LogP contribution is -2.33. The second-order valence-corrected chi connectivity index (χ2v) is 13.0. The van der Waals surface area contributed by atoms with E-state index in [1.54, 1.807) is 24.3 Å². The van der Waals surface area contributed by atoms with Crippen LogP contribution in [0.25, 0.3) is 16.6 Å². The number of fused-ring (bicyclic) bond motifs is 1. The summed E-state index contributed by atoms with van der Waals surface area (Å²) in [4.78, 5) is 21.0. The fourth-order valence-electron chi connectivity index (χ4n) is 5.51. The van der Waals surface area contributed by atoms with Gasteiger partial charge in [0.25, 0.3) is 15.6 Å². The maximum atomic E-state index is 13.8. The van der Waals surface area contributed by atoms with Crippen LogP contribution < -0.4 is 14.6 Å². The third-order valence-electron chi connectivity index (χ3n) is 8.02. The molecular weight excluding hydrogens is 536 g/mol. The van der Waals surface area contributed by atoms with Crippen LogP contribution in [0, 0.1) is 13.8 Å². The van der Waals surface area contributed by atoms with E-state index >= 15 is 0 Å². The van der Waals surface area contributed by atoms with Crippen molar-refractivity contribution in [2.45, 2.75) is 56.9 Å². The molecule has 3 aromatic carbocycles. The van der Waals surface area contributed by atoms with E-state index < -0.39 is 10.0 Å². The van der Waals surface area contributed by atoms with Gasteiger partial charge in [-0.1, -0.05) is 30.2 Å². The van der Waals surface area contributed by atoms with Crippen molar-refractivity contribution in [2.75, 3.05) is 30.5 Å². The molecule has 1 aromatic heterocycles. The number of benzene rings is 3. The number of rotatable bonds is 9. The second-order valence-electron chi connectivity index (χ2n) is 11.2. The van der Waals surface area contributed by atoms with Gasteiger partial charge in [0, 0.05) is 12.6 Å². The Morgan fingerprint density at radius 1 is 0.951 bits per heavy atom. The third kappa shape index (κ3) is 5.74. The van der Waals surface area contributed by atoms with Crippen molar-refractivity contribution in [2.24, 2.45) is 0 Å². The highest BCUT2D eigenvalue weighted by atomic mass is 32.2. The molecule has 1 aliphatic heterocycles. The first-order chi connectivity index (χ1) is 19.8. The van der Waals surface area contributed by atoms with Gasteiger partial charge in [-0.15, -0.1) is 0 Å². The number of piperidine rings is 1. The quantitative estimate of drug-likeness (QED) is 0.273. The first kappa shape index (κ1) is 27.5. The highest BCUT2D eigenvalue weighted by Crippen LogP contribution is 2.38. The molecule has 1 saturated heterocycles. The number of likely N-dealkylation sites (tertiary alicyclic amines) is 1. The van der Waals surface area contributed by atoms with Crippen molar-refractivity contribution in [3.05, 3.63) is 88.5 Å². The topological polar surface area (TPSA) is 84.7 Å². The van der Waals surface area contributed by atoms with E-state index in [-0.39, 0.29) is 16.5 Å². The molecule has 1 saturated carbocycles.